The predicted octanol–water partition coefficient (Wildman–Crippen LogP) is 3.86. The average Bonchev–Trinajstić information content (AvgIpc) is 2.72. The van der Waals surface area contributed by atoms with Crippen molar-refractivity contribution in [3.05, 3.63) is 64.7 Å². The topological polar surface area (TPSA) is 43.8 Å². The molecule has 3 rings (SSSR count). The van der Waals surface area contributed by atoms with Gasteiger partial charge in [0.05, 0.1) is 12.2 Å². The minimum atomic E-state index is -1.01. The first kappa shape index (κ1) is 14.2. The molecule has 2 aromatic carbocycles. The van der Waals surface area contributed by atoms with Gasteiger partial charge in [-0.25, -0.2) is 0 Å². The van der Waals surface area contributed by atoms with Gasteiger partial charge < -0.3 is 5.11 Å². The zero-order valence-corrected chi connectivity index (χ0v) is 12.4. The third-order valence-corrected chi connectivity index (χ3v) is 4.03. The molecule has 1 N–H and O–H groups in total. The molecule has 1 atom stereocenters. The molecule has 0 spiro atoms. The average molecular weight is 323 g/mol. The van der Waals surface area contributed by atoms with E-state index in [9.17, 15) is 9.90 Å². The first-order valence-corrected chi connectivity index (χ1v) is 7.08. The molecule has 108 valence electrons. The number of carbonyl (C=O) groups is 1. The Kier molecular flexibility index (Phi) is 3.76. The number of hydrogen-bond acceptors (Lipinski definition) is 3. The highest BCUT2D eigenvalue weighted by Gasteiger charge is 2.40. The van der Waals surface area contributed by atoms with Gasteiger partial charge in [0.2, 0.25) is 0 Å². The van der Waals surface area contributed by atoms with Gasteiger partial charge in [0.25, 0.3) is 0 Å². The number of rotatable bonds is 3. The van der Waals surface area contributed by atoms with E-state index in [0.29, 0.717) is 17.1 Å². The van der Waals surface area contributed by atoms with Gasteiger partial charge in [0, 0.05) is 22.4 Å². The van der Waals surface area contributed by atoms with Gasteiger partial charge in [-0.3, -0.25) is 9.80 Å². The Morgan fingerprint density at radius 3 is 2.57 bits per heavy atom. The number of carboxylic acid groups (broad SMARTS) is 1. The SMILES string of the molecule is O=C(O)C1c2cc(Cl)ccc2N(Cc2ccccc2)N1Cl. The highest BCUT2D eigenvalue weighted by Crippen LogP contribution is 2.43. The van der Waals surface area contributed by atoms with Crippen LogP contribution in [0.3, 0.4) is 0 Å². The van der Waals surface area contributed by atoms with Gasteiger partial charge in [-0.05, 0) is 23.8 Å². The summed E-state index contributed by atoms with van der Waals surface area (Å²) in [6, 6.07) is 14.0. The van der Waals surface area contributed by atoms with Gasteiger partial charge in [0.15, 0.2) is 6.04 Å². The lowest BCUT2D eigenvalue weighted by molar-refractivity contribution is -0.141. The van der Waals surface area contributed by atoms with Crippen LogP contribution in [-0.4, -0.2) is 15.6 Å². The number of carboxylic acids is 1. The second-order valence-corrected chi connectivity index (χ2v) is 5.56. The van der Waals surface area contributed by atoms with E-state index >= 15 is 0 Å². The molecule has 0 fully saturated rings. The Morgan fingerprint density at radius 2 is 1.90 bits per heavy atom. The molecular weight excluding hydrogens is 311 g/mol. The molecule has 21 heavy (non-hydrogen) atoms. The number of aliphatic carboxylic acids is 1. The molecule has 1 heterocycles. The van der Waals surface area contributed by atoms with Crippen LogP contribution in [0.4, 0.5) is 5.69 Å². The summed E-state index contributed by atoms with van der Waals surface area (Å²) in [4.78, 5) is 11.5. The van der Waals surface area contributed by atoms with Crippen molar-refractivity contribution in [1.29, 1.82) is 0 Å². The lowest BCUT2D eigenvalue weighted by atomic mass is 10.1. The first-order chi connectivity index (χ1) is 10.1. The number of nitrogens with zero attached hydrogens (tertiary/aromatic N) is 2. The maximum atomic E-state index is 11.5. The zero-order chi connectivity index (χ0) is 15.0. The quantitative estimate of drug-likeness (QED) is 0.871. The summed E-state index contributed by atoms with van der Waals surface area (Å²) in [5.41, 5.74) is 2.39. The molecule has 0 saturated carbocycles. The van der Waals surface area contributed by atoms with Crippen LogP contribution in [0.2, 0.25) is 5.02 Å². The normalized spacial score (nSPS) is 17.8. The van der Waals surface area contributed by atoms with Crippen LogP contribution >= 0.6 is 23.4 Å². The Hall–Kier alpha value is -1.75. The summed E-state index contributed by atoms with van der Waals surface area (Å²) >= 11 is 12.2. The Morgan fingerprint density at radius 1 is 1.19 bits per heavy atom. The lowest BCUT2D eigenvalue weighted by Crippen LogP contribution is -2.34. The highest BCUT2D eigenvalue weighted by molar-refractivity contribution is 6.30. The predicted molar refractivity (Wildman–Crippen MR) is 82.1 cm³/mol. The fraction of sp³-hybridized carbons (Fsp3) is 0.133. The fourth-order valence-electron chi connectivity index (χ4n) is 2.47. The number of anilines is 1. The third-order valence-electron chi connectivity index (χ3n) is 3.42. The molecule has 0 saturated heterocycles. The van der Waals surface area contributed by atoms with Gasteiger partial charge in [-0.2, -0.15) is 0 Å². The summed E-state index contributed by atoms with van der Waals surface area (Å²) in [7, 11) is 0. The molecule has 4 nitrogen and oxygen atoms in total. The van der Waals surface area contributed by atoms with Crippen LogP contribution in [0.5, 0.6) is 0 Å². The number of hydrogen-bond donors (Lipinski definition) is 1. The summed E-state index contributed by atoms with van der Waals surface area (Å²) in [6.45, 7) is 0.489. The van der Waals surface area contributed by atoms with E-state index in [1.54, 1.807) is 23.2 Å². The van der Waals surface area contributed by atoms with E-state index in [0.717, 1.165) is 11.3 Å². The molecular formula is C15H12Cl2N2O2. The molecule has 0 aliphatic carbocycles. The van der Waals surface area contributed by atoms with Crippen molar-refractivity contribution in [3.8, 4) is 0 Å². The molecule has 6 heteroatoms. The molecule has 2 aromatic rings. The van der Waals surface area contributed by atoms with E-state index in [1.165, 1.54) is 4.53 Å². The molecule has 1 unspecified atom stereocenters. The molecule has 0 amide bonds. The maximum Gasteiger partial charge on any atom is 0.329 e. The molecule has 1 aliphatic heterocycles. The minimum absolute atomic E-state index is 0.489. The monoisotopic (exact) mass is 322 g/mol. The van der Waals surface area contributed by atoms with Crippen molar-refractivity contribution < 1.29 is 9.90 Å². The van der Waals surface area contributed by atoms with Gasteiger partial charge >= 0.3 is 5.97 Å². The second-order valence-electron chi connectivity index (χ2n) is 4.78. The van der Waals surface area contributed by atoms with E-state index in [-0.39, 0.29) is 0 Å². The number of halogens is 2. The summed E-state index contributed by atoms with van der Waals surface area (Å²) in [6.07, 6.45) is 0. The van der Waals surface area contributed by atoms with Crippen molar-refractivity contribution in [2.45, 2.75) is 12.6 Å². The molecule has 0 aromatic heterocycles. The number of fused-ring (bicyclic) bond motifs is 1. The standard InChI is InChI=1S/C15H12Cl2N2O2/c16-11-6-7-13-12(8-11)14(15(20)21)19(17)18(13)9-10-4-2-1-3-5-10/h1-8,14H,9H2,(H,20,21). The van der Waals surface area contributed by atoms with Gasteiger partial charge in [-0.1, -0.05) is 41.9 Å². The summed E-state index contributed by atoms with van der Waals surface area (Å²) < 4.78 is 1.22. The maximum absolute atomic E-state index is 11.5. The van der Waals surface area contributed by atoms with Crippen molar-refractivity contribution in [1.82, 2.24) is 4.53 Å². The molecule has 1 aliphatic rings. The molecule has 0 bridgehead atoms. The molecule has 0 radical (unpaired) electrons. The summed E-state index contributed by atoms with van der Waals surface area (Å²) in [5.74, 6) is -1.01. The van der Waals surface area contributed by atoms with Gasteiger partial charge in [0.1, 0.15) is 0 Å². The van der Waals surface area contributed by atoms with Crippen molar-refractivity contribution >= 4 is 35.0 Å². The third kappa shape index (κ3) is 2.58. The number of hydrazine groups is 1. The minimum Gasteiger partial charge on any atom is -0.480 e. The first-order valence-electron chi connectivity index (χ1n) is 6.36. The lowest BCUT2D eigenvalue weighted by Gasteiger charge is -2.26. The van der Waals surface area contributed by atoms with Crippen molar-refractivity contribution in [2.75, 3.05) is 5.01 Å². The van der Waals surface area contributed by atoms with Gasteiger partial charge in [-0.15, -0.1) is 4.53 Å². The van der Waals surface area contributed by atoms with Crippen LogP contribution < -0.4 is 5.01 Å². The fourth-order valence-corrected chi connectivity index (χ4v) is 2.97. The van der Waals surface area contributed by atoms with E-state index < -0.39 is 12.0 Å². The largest absolute Gasteiger partial charge is 0.480 e. The van der Waals surface area contributed by atoms with E-state index in [1.807, 2.05) is 30.3 Å². The van der Waals surface area contributed by atoms with Crippen LogP contribution in [0.15, 0.2) is 48.5 Å². The van der Waals surface area contributed by atoms with Crippen molar-refractivity contribution in [2.24, 2.45) is 0 Å². The second kappa shape index (κ2) is 5.56. The Bertz CT molecular complexity index is 679. The van der Waals surface area contributed by atoms with Crippen LogP contribution in [0.25, 0.3) is 0 Å². The van der Waals surface area contributed by atoms with Crippen LogP contribution in [0, 0.1) is 0 Å². The summed E-state index contributed by atoms with van der Waals surface area (Å²) in [5, 5.41) is 11.6. The zero-order valence-electron chi connectivity index (χ0n) is 10.9. The van der Waals surface area contributed by atoms with Crippen molar-refractivity contribution in [3.63, 3.8) is 0 Å². The number of benzene rings is 2. The van der Waals surface area contributed by atoms with Crippen LogP contribution in [-0.2, 0) is 11.3 Å². The highest BCUT2D eigenvalue weighted by atomic mass is 35.5. The smallest absolute Gasteiger partial charge is 0.329 e. The Balaban J connectivity index is 2.01. The van der Waals surface area contributed by atoms with E-state index in [4.69, 9.17) is 23.4 Å². The van der Waals surface area contributed by atoms with E-state index in [2.05, 4.69) is 0 Å². The Labute approximate surface area is 132 Å². The van der Waals surface area contributed by atoms with Crippen LogP contribution in [0.1, 0.15) is 17.2 Å².